The van der Waals surface area contributed by atoms with Gasteiger partial charge in [0.15, 0.2) is 0 Å². The van der Waals surface area contributed by atoms with Crippen molar-refractivity contribution in [3.8, 4) is 44.5 Å². The van der Waals surface area contributed by atoms with Crippen LogP contribution < -0.4 is 4.90 Å². The maximum Gasteiger partial charge on any atom is 0.0746 e. The van der Waals surface area contributed by atoms with Crippen molar-refractivity contribution in [1.29, 1.82) is 0 Å². The van der Waals surface area contributed by atoms with Crippen molar-refractivity contribution in [3.05, 3.63) is 271 Å². The molecule has 1 spiro atoms. The number of fused-ring (bicyclic) bond motifs is 19. The molecular formula is C67H41NS. The number of thiophene rings is 1. The third kappa shape index (κ3) is 5.41. The minimum absolute atomic E-state index is 0.522. The molecule has 0 saturated carbocycles. The topological polar surface area (TPSA) is 3.24 Å². The highest BCUT2D eigenvalue weighted by Gasteiger charge is 2.53. The zero-order valence-corrected chi connectivity index (χ0v) is 38.3. The van der Waals surface area contributed by atoms with Crippen LogP contribution in [0.1, 0.15) is 22.3 Å². The zero-order chi connectivity index (χ0) is 45.2. The molecule has 12 aromatic carbocycles. The third-order valence-electron chi connectivity index (χ3n) is 15.3. The van der Waals surface area contributed by atoms with Crippen molar-refractivity contribution in [1.82, 2.24) is 0 Å². The van der Waals surface area contributed by atoms with Crippen LogP contribution >= 0.6 is 11.3 Å². The minimum atomic E-state index is -0.522. The molecule has 0 unspecified atom stereocenters. The smallest absolute Gasteiger partial charge is 0.0746 e. The third-order valence-corrected chi connectivity index (χ3v) is 16.5. The lowest BCUT2D eigenvalue weighted by Crippen LogP contribution is -2.28. The number of benzene rings is 12. The number of hydrogen-bond acceptors (Lipinski definition) is 2. The summed E-state index contributed by atoms with van der Waals surface area (Å²) in [5.41, 5.74) is 18.3. The van der Waals surface area contributed by atoms with E-state index in [9.17, 15) is 0 Å². The number of rotatable bonds is 5. The number of anilines is 3. The van der Waals surface area contributed by atoms with Crippen LogP contribution in [0.25, 0.3) is 97.0 Å². The van der Waals surface area contributed by atoms with E-state index in [4.69, 9.17) is 0 Å². The standard InChI is InChI=1S/C67H41NS/c1-2-20-50-48(18-1)49-19-3-4-21-51(49)59-41-46(38-39-52(50)59)68(45-36-34-42(35-37-45)43-16-13-17-44(40-43)47-26-14-28-58-56-25-8-12-33-64(56)69-66(47)58)63-32-15-27-57-55-24-7-11-31-62(55)67(65(57)63)60-29-9-5-22-53(60)54-23-6-10-30-61(54)67/h1-41H. The summed E-state index contributed by atoms with van der Waals surface area (Å²) in [5, 5.41) is 10.2. The predicted octanol–water partition coefficient (Wildman–Crippen LogP) is 18.7. The van der Waals surface area contributed by atoms with Crippen molar-refractivity contribution in [3.63, 3.8) is 0 Å². The monoisotopic (exact) mass is 891 g/mol. The molecule has 2 aliphatic carbocycles. The first-order chi connectivity index (χ1) is 34.2. The second-order valence-corrected chi connectivity index (χ2v) is 19.7. The Bertz CT molecular complexity index is 4170. The van der Waals surface area contributed by atoms with Crippen molar-refractivity contribution < 1.29 is 0 Å². The van der Waals surface area contributed by atoms with Crippen LogP contribution in [0.3, 0.4) is 0 Å². The van der Waals surface area contributed by atoms with Crippen LogP contribution in [-0.4, -0.2) is 0 Å². The van der Waals surface area contributed by atoms with Gasteiger partial charge in [-0.2, -0.15) is 0 Å². The van der Waals surface area contributed by atoms with Gasteiger partial charge in [0.1, 0.15) is 0 Å². The lowest BCUT2D eigenvalue weighted by Gasteiger charge is -2.36. The summed E-state index contributed by atoms with van der Waals surface area (Å²) in [4.78, 5) is 2.54. The molecule has 69 heavy (non-hydrogen) atoms. The highest BCUT2D eigenvalue weighted by Crippen LogP contribution is 2.65. The first kappa shape index (κ1) is 38.5. The van der Waals surface area contributed by atoms with Gasteiger partial charge in [0.05, 0.1) is 11.1 Å². The van der Waals surface area contributed by atoms with Crippen molar-refractivity contribution in [2.75, 3.05) is 4.90 Å². The van der Waals surface area contributed by atoms with E-state index >= 15 is 0 Å². The fraction of sp³-hybridized carbons (Fsp3) is 0.0149. The van der Waals surface area contributed by atoms with Crippen molar-refractivity contribution >= 4 is 80.9 Å². The minimum Gasteiger partial charge on any atom is -0.310 e. The summed E-state index contributed by atoms with van der Waals surface area (Å²) in [7, 11) is 0. The Hall–Kier alpha value is -8.56. The molecule has 0 bridgehead atoms. The van der Waals surface area contributed by atoms with E-state index in [2.05, 4.69) is 254 Å². The SMILES string of the molecule is c1cc(-c2ccc(N(c3ccc4c5ccccc5c5ccccc5c4c3)c3cccc4c3C3(c5ccccc5-c5ccccc53)c3ccccc3-4)cc2)cc(-c2cccc3c2sc2ccccc23)c1. The molecule has 0 N–H and O–H groups in total. The largest absolute Gasteiger partial charge is 0.310 e. The lowest BCUT2D eigenvalue weighted by molar-refractivity contribution is 0.793. The summed E-state index contributed by atoms with van der Waals surface area (Å²) in [5.74, 6) is 0. The van der Waals surface area contributed by atoms with Gasteiger partial charge < -0.3 is 4.90 Å². The van der Waals surface area contributed by atoms with Gasteiger partial charge in [-0.3, -0.25) is 0 Å². The van der Waals surface area contributed by atoms with Gasteiger partial charge in [-0.25, -0.2) is 0 Å². The van der Waals surface area contributed by atoms with E-state index in [1.807, 2.05) is 11.3 Å². The molecule has 0 aliphatic heterocycles. The molecule has 2 heteroatoms. The highest BCUT2D eigenvalue weighted by atomic mass is 32.1. The first-order valence-corrected chi connectivity index (χ1v) is 24.7. The fourth-order valence-corrected chi connectivity index (χ4v) is 13.7. The summed E-state index contributed by atoms with van der Waals surface area (Å²) >= 11 is 1.89. The van der Waals surface area contributed by atoms with E-state index in [0.29, 0.717) is 0 Å². The Morgan fingerprint density at radius 1 is 0.290 bits per heavy atom. The van der Waals surface area contributed by atoms with E-state index in [0.717, 1.165) is 11.4 Å². The summed E-state index contributed by atoms with van der Waals surface area (Å²) in [6, 6.07) is 93.2. The van der Waals surface area contributed by atoms with E-state index in [1.54, 1.807) is 0 Å². The van der Waals surface area contributed by atoms with E-state index < -0.39 is 5.41 Å². The molecule has 0 atom stereocenters. The molecule has 13 aromatic rings. The molecule has 15 rings (SSSR count). The van der Waals surface area contributed by atoms with Crippen LogP contribution in [0.5, 0.6) is 0 Å². The van der Waals surface area contributed by atoms with Gasteiger partial charge in [-0.1, -0.05) is 206 Å². The van der Waals surface area contributed by atoms with Crippen LogP contribution in [0, 0.1) is 0 Å². The molecule has 1 heterocycles. The first-order valence-electron chi connectivity index (χ1n) is 23.9. The number of hydrogen-bond donors (Lipinski definition) is 0. The second-order valence-electron chi connectivity index (χ2n) is 18.7. The molecule has 0 fully saturated rings. The average Bonchev–Trinajstić information content (AvgIpc) is 4.06. The van der Waals surface area contributed by atoms with Crippen LogP contribution in [0.4, 0.5) is 17.1 Å². The Morgan fingerprint density at radius 2 is 0.768 bits per heavy atom. The Balaban J connectivity index is 0.959. The summed E-state index contributed by atoms with van der Waals surface area (Å²) in [6.45, 7) is 0. The molecule has 1 aromatic heterocycles. The zero-order valence-electron chi connectivity index (χ0n) is 37.5. The second kappa shape index (κ2) is 14.7. The molecule has 0 amide bonds. The van der Waals surface area contributed by atoms with Gasteiger partial charge in [-0.15, -0.1) is 11.3 Å². The normalized spacial score (nSPS) is 13.0. The highest BCUT2D eigenvalue weighted by molar-refractivity contribution is 7.26. The Labute approximate surface area is 404 Å². The van der Waals surface area contributed by atoms with Crippen LogP contribution in [-0.2, 0) is 5.41 Å². The van der Waals surface area contributed by atoms with Gasteiger partial charge in [0.25, 0.3) is 0 Å². The quantitative estimate of drug-likeness (QED) is 0.156. The summed E-state index contributed by atoms with van der Waals surface area (Å²) < 4.78 is 2.66. The van der Waals surface area contributed by atoms with Crippen LogP contribution in [0.15, 0.2) is 249 Å². The molecule has 320 valence electrons. The summed E-state index contributed by atoms with van der Waals surface area (Å²) in [6.07, 6.45) is 0. The molecule has 2 aliphatic rings. The van der Waals surface area contributed by atoms with Crippen molar-refractivity contribution in [2.24, 2.45) is 0 Å². The fourth-order valence-electron chi connectivity index (χ4n) is 12.4. The van der Waals surface area contributed by atoms with Crippen molar-refractivity contribution in [2.45, 2.75) is 5.41 Å². The van der Waals surface area contributed by atoms with E-state index in [1.165, 1.54) is 125 Å². The van der Waals surface area contributed by atoms with Crippen LogP contribution in [0.2, 0.25) is 0 Å². The Morgan fingerprint density at radius 3 is 1.45 bits per heavy atom. The maximum atomic E-state index is 2.54. The molecule has 1 nitrogen and oxygen atoms in total. The average molecular weight is 892 g/mol. The lowest BCUT2D eigenvalue weighted by atomic mass is 9.70. The number of nitrogens with zero attached hydrogens (tertiary/aromatic N) is 1. The van der Waals surface area contributed by atoms with Gasteiger partial charge in [-0.05, 0) is 136 Å². The predicted molar refractivity (Wildman–Crippen MR) is 294 cm³/mol. The van der Waals surface area contributed by atoms with E-state index in [-0.39, 0.29) is 0 Å². The molecular weight excluding hydrogens is 851 g/mol. The Kier molecular flexibility index (Phi) is 8.22. The maximum absolute atomic E-state index is 2.54. The molecule has 0 radical (unpaired) electrons. The van der Waals surface area contributed by atoms with Gasteiger partial charge in [0, 0.05) is 37.1 Å². The van der Waals surface area contributed by atoms with Gasteiger partial charge in [0.2, 0.25) is 0 Å². The molecule has 0 saturated heterocycles. The van der Waals surface area contributed by atoms with Gasteiger partial charge >= 0.3 is 0 Å².